The molecule has 0 aliphatic heterocycles. The van der Waals surface area contributed by atoms with Crippen LogP contribution in [-0.4, -0.2) is 12.0 Å². The number of hydrogen-bond donors (Lipinski definition) is 1. The Bertz CT molecular complexity index is 965. The first-order chi connectivity index (χ1) is 14.0. The molecule has 0 bridgehead atoms. The maximum atomic E-state index is 13.2. The summed E-state index contributed by atoms with van der Waals surface area (Å²) in [6.45, 7) is 8.07. The van der Waals surface area contributed by atoms with Crippen molar-refractivity contribution in [2.75, 3.05) is 0 Å². The van der Waals surface area contributed by atoms with E-state index in [1.165, 1.54) is 0 Å². The molecule has 3 aromatic carbocycles. The van der Waals surface area contributed by atoms with Crippen LogP contribution in [0.25, 0.3) is 0 Å². The van der Waals surface area contributed by atoms with Crippen molar-refractivity contribution in [1.29, 1.82) is 0 Å². The summed E-state index contributed by atoms with van der Waals surface area (Å²) in [5, 5.41) is 3.23. The molecular weight excluding hydrogens is 358 g/mol. The minimum absolute atomic E-state index is 0.106. The van der Waals surface area contributed by atoms with Crippen molar-refractivity contribution >= 4 is 5.91 Å². The Morgan fingerprint density at radius 2 is 1.59 bits per heavy atom. The molecule has 1 N–H and O–H groups in total. The Kier molecular flexibility index (Phi) is 6.71. The monoisotopic (exact) mass is 387 g/mol. The van der Waals surface area contributed by atoms with E-state index in [0.29, 0.717) is 6.42 Å². The average Bonchev–Trinajstić information content (AvgIpc) is 2.73. The molecule has 3 rings (SSSR count). The second-order valence-corrected chi connectivity index (χ2v) is 7.49. The van der Waals surface area contributed by atoms with Crippen molar-refractivity contribution in [3.05, 3.63) is 101 Å². The van der Waals surface area contributed by atoms with Crippen LogP contribution in [0.15, 0.2) is 72.8 Å². The second kappa shape index (κ2) is 9.42. The Hall–Kier alpha value is -3.07. The molecule has 0 saturated carbocycles. The minimum atomic E-state index is -0.550. The Morgan fingerprint density at radius 3 is 2.28 bits per heavy atom. The zero-order valence-corrected chi connectivity index (χ0v) is 17.6. The van der Waals surface area contributed by atoms with Gasteiger partial charge in [-0.1, -0.05) is 73.7 Å². The maximum Gasteiger partial charge on any atom is 0.261 e. The molecule has 3 heteroatoms. The number of carbonyl (C=O) groups is 1. The van der Waals surface area contributed by atoms with Gasteiger partial charge in [-0.25, -0.2) is 0 Å². The molecule has 0 saturated heterocycles. The van der Waals surface area contributed by atoms with E-state index in [-0.39, 0.29) is 11.9 Å². The molecular formula is C26H29NO2. The van der Waals surface area contributed by atoms with Crippen LogP contribution in [-0.2, 0) is 4.79 Å². The van der Waals surface area contributed by atoms with Crippen molar-refractivity contribution < 1.29 is 9.53 Å². The van der Waals surface area contributed by atoms with Crippen LogP contribution in [0.2, 0.25) is 0 Å². The number of aryl methyl sites for hydroxylation is 3. The SMILES string of the molecule is CC[C@@H](Oc1cc(C)ccc1C)C(=O)N[C@@H](c1ccccc1)c1ccccc1C. The lowest BCUT2D eigenvalue weighted by Crippen LogP contribution is -2.40. The first-order valence-corrected chi connectivity index (χ1v) is 10.1. The van der Waals surface area contributed by atoms with Crippen LogP contribution in [0.5, 0.6) is 5.75 Å². The highest BCUT2D eigenvalue weighted by atomic mass is 16.5. The predicted molar refractivity (Wildman–Crippen MR) is 118 cm³/mol. The van der Waals surface area contributed by atoms with Gasteiger partial charge in [0.25, 0.3) is 5.91 Å². The van der Waals surface area contributed by atoms with E-state index < -0.39 is 6.10 Å². The average molecular weight is 388 g/mol. The van der Waals surface area contributed by atoms with Crippen LogP contribution in [0, 0.1) is 20.8 Å². The maximum absolute atomic E-state index is 13.2. The summed E-state index contributed by atoms with van der Waals surface area (Å²) in [7, 11) is 0. The van der Waals surface area contributed by atoms with Gasteiger partial charge in [0.1, 0.15) is 5.75 Å². The van der Waals surface area contributed by atoms with Gasteiger partial charge in [0.15, 0.2) is 6.10 Å². The van der Waals surface area contributed by atoms with E-state index in [1.807, 2.05) is 81.4 Å². The Balaban J connectivity index is 1.87. The molecule has 29 heavy (non-hydrogen) atoms. The molecule has 1 amide bonds. The van der Waals surface area contributed by atoms with Crippen molar-refractivity contribution in [3.63, 3.8) is 0 Å². The fourth-order valence-electron chi connectivity index (χ4n) is 3.44. The van der Waals surface area contributed by atoms with E-state index in [2.05, 4.69) is 24.4 Å². The zero-order chi connectivity index (χ0) is 20.8. The molecule has 0 aliphatic carbocycles. The molecule has 150 valence electrons. The van der Waals surface area contributed by atoms with Crippen molar-refractivity contribution in [3.8, 4) is 5.75 Å². The van der Waals surface area contributed by atoms with E-state index in [9.17, 15) is 4.79 Å². The van der Waals surface area contributed by atoms with Crippen LogP contribution in [0.3, 0.4) is 0 Å². The molecule has 0 fully saturated rings. The van der Waals surface area contributed by atoms with Gasteiger partial charge < -0.3 is 10.1 Å². The number of amides is 1. The fraction of sp³-hybridized carbons (Fsp3) is 0.269. The second-order valence-electron chi connectivity index (χ2n) is 7.49. The Labute approximate surface area is 173 Å². The topological polar surface area (TPSA) is 38.3 Å². The zero-order valence-electron chi connectivity index (χ0n) is 17.6. The van der Waals surface area contributed by atoms with Crippen LogP contribution < -0.4 is 10.1 Å². The summed E-state index contributed by atoms with van der Waals surface area (Å²) in [6.07, 6.45) is 0.0415. The molecule has 0 spiro atoms. The number of rotatable bonds is 7. The smallest absolute Gasteiger partial charge is 0.261 e. The van der Waals surface area contributed by atoms with Crippen LogP contribution in [0.4, 0.5) is 0 Å². The number of benzene rings is 3. The van der Waals surface area contributed by atoms with Gasteiger partial charge >= 0.3 is 0 Å². The largest absolute Gasteiger partial charge is 0.480 e. The molecule has 0 heterocycles. The highest BCUT2D eigenvalue weighted by Gasteiger charge is 2.25. The Morgan fingerprint density at radius 1 is 0.897 bits per heavy atom. The first kappa shape index (κ1) is 20.7. The lowest BCUT2D eigenvalue weighted by atomic mass is 9.94. The molecule has 3 nitrogen and oxygen atoms in total. The third-order valence-corrected chi connectivity index (χ3v) is 5.20. The number of carbonyl (C=O) groups excluding carboxylic acids is 1. The quantitative estimate of drug-likeness (QED) is 0.567. The van der Waals surface area contributed by atoms with E-state index in [1.54, 1.807) is 0 Å². The van der Waals surface area contributed by atoms with Gasteiger partial charge in [0.2, 0.25) is 0 Å². The third kappa shape index (κ3) is 5.05. The summed E-state index contributed by atoms with van der Waals surface area (Å²) in [5.74, 6) is 0.657. The van der Waals surface area contributed by atoms with Crippen molar-refractivity contribution in [2.24, 2.45) is 0 Å². The van der Waals surface area contributed by atoms with Gasteiger partial charge in [-0.2, -0.15) is 0 Å². The van der Waals surface area contributed by atoms with E-state index >= 15 is 0 Å². The number of nitrogens with one attached hydrogen (secondary N) is 1. The van der Waals surface area contributed by atoms with Gasteiger partial charge in [-0.3, -0.25) is 4.79 Å². The summed E-state index contributed by atoms with van der Waals surface area (Å²) < 4.78 is 6.13. The lowest BCUT2D eigenvalue weighted by molar-refractivity contribution is -0.128. The summed E-state index contributed by atoms with van der Waals surface area (Å²) in [5.41, 5.74) is 5.43. The summed E-state index contributed by atoms with van der Waals surface area (Å²) in [6, 6.07) is 24.1. The van der Waals surface area contributed by atoms with Gasteiger partial charge in [-0.05, 0) is 61.1 Å². The van der Waals surface area contributed by atoms with Gasteiger partial charge in [-0.15, -0.1) is 0 Å². The lowest BCUT2D eigenvalue weighted by Gasteiger charge is -2.25. The standard InChI is InChI=1S/C26H29NO2/c1-5-23(29-24-17-18(2)15-16-20(24)4)26(28)27-25(21-12-7-6-8-13-21)22-14-10-9-11-19(22)3/h6-17,23,25H,5H2,1-4H3,(H,27,28)/t23-,25+/m1/s1. The van der Waals surface area contributed by atoms with Crippen molar-refractivity contribution in [1.82, 2.24) is 5.32 Å². The highest BCUT2D eigenvalue weighted by molar-refractivity contribution is 5.82. The van der Waals surface area contributed by atoms with E-state index in [0.717, 1.165) is 33.6 Å². The van der Waals surface area contributed by atoms with Crippen LogP contribution >= 0.6 is 0 Å². The molecule has 0 radical (unpaired) electrons. The van der Waals surface area contributed by atoms with Crippen molar-refractivity contribution in [2.45, 2.75) is 46.3 Å². The predicted octanol–water partition coefficient (Wildman–Crippen LogP) is 5.68. The van der Waals surface area contributed by atoms with Gasteiger partial charge in [0, 0.05) is 0 Å². The number of hydrogen-bond acceptors (Lipinski definition) is 2. The molecule has 0 aliphatic rings. The first-order valence-electron chi connectivity index (χ1n) is 10.1. The number of ether oxygens (including phenoxy) is 1. The third-order valence-electron chi connectivity index (χ3n) is 5.20. The molecule has 0 aromatic heterocycles. The fourth-order valence-corrected chi connectivity index (χ4v) is 3.44. The molecule has 0 unspecified atom stereocenters. The van der Waals surface area contributed by atoms with Gasteiger partial charge in [0.05, 0.1) is 6.04 Å². The highest BCUT2D eigenvalue weighted by Crippen LogP contribution is 2.26. The van der Waals surface area contributed by atoms with E-state index in [4.69, 9.17) is 4.74 Å². The molecule has 3 aromatic rings. The van der Waals surface area contributed by atoms with Crippen LogP contribution in [0.1, 0.15) is 47.2 Å². The normalized spacial score (nSPS) is 12.8. The summed E-state index contributed by atoms with van der Waals surface area (Å²) >= 11 is 0. The summed E-state index contributed by atoms with van der Waals surface area (Å²) in [4.78, 5) is 13.2. The minimum Gasteiger partial charge on any atom is -0.480 e. The molecule has 2 atom stereocenters.